The number of nitriles is 1. The Morgan fingerprint density at radius 2 is 2.10 bits per heavy atom. The van der Waals surface area contributed by atoms with Gasteiger partial charge in [-0.1, -0.05) is 12.1 Å². The molecule has 2 aromatic rings. The van der Waals surface area contributed by atoms with Crippen molar-refractivity contribution in [3.63, 3.8) is 0 Å². The van der Waals surface area contributed by atoms with Crippen molar-refractivity contribution in [2.45, 2.75) is 13.5 Å². The standard InChI is InChI=1S/C14H12N4O2/c1-10-8-16-14(6-13(10)18(19)20)17-9-12-4-2-11(7-15)3-5-12/h2-6,8H,9H2,1H3,(H,16,17). The Labute approximate surface area is 115 Å². The lowest BCUT2D eigenvalue weighted by Gasteiger charge is -2.06. The van der Waals surface area contributed by atoms with E-state index in [1.807, 2.05) is 18.2 Å². The van der Waals surface area contributed by atoms with Crippen LogP contribution in [0.3, 0.4) is 0 Å². The summed E-state index contributed by atoms with van der Waals surface area (Å²) in [5.74, 6) is 0.451. The van der Waals surface area contributed by atoms with Gasteiger partial charge in [-0.3, -0.25) is 10.1 Å². The van der Waals surface area contributed by atoms with Crippen LogP contribution in [0.5, 0.6) is 0 Å². The summed E-state index contributed by atoms with van der Waals surface area (Å²) in [6, 6.07) is 10.6. The summed E-state index contributed by atoms with van der Waals surface area (Å²) in [7, 11) is 0. The fraction of sp³-hybridized carbons (Fsp3) is 0.143. The van der Waals surface area contributed by atoms with Gasteiger partial charge in [-0.05, 0) is 24.6 Å². The molecule has 100 valence electrons. The molecule has 0 aliphatic carbocycles. The third kappa shape index (κ3) is 3.09. The summed E-state index contributed by atoms with van der Waals surface area (Å²) in [6.45, 7) is 2.13. The van der Waals surface area contributed by atoms with Crippen molar-refractivity contribution in [3.8, 4) is 6.07 Å². The smallest absolute Gasteiger partial charge is 0.277 e. The Morgan fingerprint density at radius 1 is 1.40 bits per heavy atom. The molecule has 0 unspecified atom stereocenters. The molecule has 1 N–H and O–H groups in total. The molecule has 0 bridgehead atoms. The van der Waals surface area contributed by atoms with Crippen LogP contribution in [0.4, 0.5) is 11.5 Å². The number of hydrogen-bond acceptors (Lipinski definition) is 5. The van der Waals surface area contributed by atoms with E-state index in [-0.39, 0.29) is 5.69 Å². The molecule has 0 saturated carbocycles. The second kappa shape index (κ2) is 5.80. The third-order valence-corrected chi connectivity index (χ3v) is 2.83. The number of hydrogen-bond donors (Lipinski definition) is 1. The highest BCUT2D eigenvalue weighted by atomic mass is 16.6. The molecule has 1 aromatic carbocycles. The van der Waals surface area contributed by atoms with Crippen molar-refractivity contribution in [2.24, 2.45) is 0 Å². The van der Waals surface area contributed by atoms with E-state index in [0.717, 1.165) is 5.56 Å². The molecule has 0 aliphatic rings. The molecule has 0 saturated heterocycles. The van der Waals surface area contributed by atoms with Gasteiger partial charge in [-0.25, -0.2) is 4.98 Å². The monoisotopic (exact) mass is 268 g/mol. The summed E-state index contributed by atoms with van der Waals surface area (Å²) in [4.78, 5) is 14.5. The highest BCUT2D eigenvalue weighted by Gasteiger charge is 2.11. The van der Waals surface area contributed by atoms with Crippen molar-refractivity contribution in [3.05, 3.63) is 63.3 Å². The van der Waals surface area contributed by atoms with E-state index in [1.54, 1.807) is 19.1 Å². The van der Waals surface area contributed by atoms with Crippen LogP contribution in [-0.2, 0) is 6.54 Å². The highest BCUT2D eigenvalue weighted by molar-refractivity contribution is 5.49. The lowest BCUT2D eigenvalue weighted by Crippen LogP contribution is -2.03. The van der Waals surface area contributed by atoms with Gasteiger partial charge in [0.2, 0.25) is 0 Å². The number of rotatable bonds is 4. The Balaban J connectivity index is 2.09. The maximum absolute atomic E-state index is 10.8. The fourth-order valence-corrected chi connectivity index (χ4v) is 1.70. The first-order chi connectivity index (χ1) is 9.60. The van der Waals surface area contributed by atoms with E-state index < -0.39 is 4.92 Å². The third-order valence-electron chi connectivity index (χ3n) is 2.83. The Morgan fingerprint density at radius 3 is 2.70 bits per heavy atom. The summed E-state index contributed by atoms with van der Waals surface area (Å²) >= 11 is 0. The number of nitrogens with one attached hydrogen (secondary N) is 1. The lowest BCUT2D eigenvalue weighted by molar-refractivity contribution is -0.385. The van der Waals surface area contributed by atoms with E-state index >= 15 is 0 Å². The topological polar surface area (TPSA) is 91.8 Å². The zero-order valence-electron chi connectivity index (χ0n) is 10.8. The van der Waals surface area contributed by atoms with Crippen LogP contribution >= 0.6 is 0 Å². The first-order valence-electron chi connectivity index (χ1n) is 5.94. The number of anilines is 1. The number of pyridine rings is 1. The van der Waals surface area contributed by atoms with Crippen LogP contribution in [-0.4, -0.2) is 9.91 Å². The van der Waals surface area contributed by atoms with Crippen molar-refractivity contribution in [2.75, 3.05) is 5.32 Å². The Bertz CT molecular complexity index is 675. The van der Waals surface area contributed by atoms with E-state index in [0.29, 0.717) is 23.5 Å². The second-order valence-corrected chi connectivity index (χ2v) is 4.28. The maximum atomic E-state index is 10.8. The highest BCUT2D eigenvalue weighted by Crippen LogP contribution is 2.20. The molecule has 2 rings (SSSR count). The van der Waals surface area contributed by atoms with Crippen molar-refractivity contribution in [1.82, 2.24) is 4.98 Å². The van der Waals surface area contributed by atoms with Crippen LogP contribution in [0.25, 0.3) is 0 Å². The average Bonchev–Trinajstić information content (AvgIpc) is 2.46. The van der Waals surface area contributed by atoms with Crippen LogP contribution in [0.1, 0.15) is 16.7 Å². The normalized spacial score (nSPS) is 9.80. The van der Waals surface area contributed by atoms with Crippen LogP contribution in [0, 0.1) is 28.4 Å². The number of nitro groups is 1. The molecule has 6 nitrogen and oxygen atoms in total. The molecule has 20 heavy (non-hydrogen) atoms. The summed E-state index contributed by atoms with van der Waals surface area (Å²) in [5.41, 5.74) is 2.13. The Kier molecular flexibility index (Phi) is 3.91. The maximum Gasteiger partial charge on any atom is 0.277 e. The van der Waals surface area contributed by atoms with Gasteiger partial charge in [0.15, 0.2) is 0 Å². The first kappa shape index (κ1) is 13.5. The average molecular weight is 268 g/mol. The number of aryl methyl sites for hydroxylation is 1. The van der Waals surface area contributed by atoms with E-state index in [9.17, 15) is 10.1 Å². The van der Waals surface area contributed by atoms with Crippen LogP contribution < -0.4 is 5.32 Å². The van der Waals surface area contributed by atoms with E-state index in [4.69, 9.17) is 5.26 Å². The van der Waals surface area contributed by atoms with E-state index in [2.05, 4.69) is 10.3 Å². The molecular formula is C14H12N4O2. The minimum Gasteiger partial charge on any atom is -0.366 e. The molecule has 1 aromatic heterocycles. The number of benzene rings is 1. The Hall–Kier alpha value is -2.94. The molecule has 0 atom stereocenters. The van der Waals surface area contributed by atoms with Crippen LogP contribution in [0.15, 0.2) is 36.5 Å². The van der Waals surface area contributed by atoms with Gasteiger partial charge in [0, 0.05) is 18.3 Å². The quantitative estimate of drug-likeness (QED) is 0.680. The largest absolute Gasteiger partial charge is 0.366 e. The molecule has 0 radical (unpaired) electrons. The predicted octanol–water partition coefficient (Wildman–Crippen LogP) is 2.78. The van der Waals surface area contributed by atoms with Crippen molar-refractivity contribution < 1.29 is 4.92 Å². The van der Waals surface area contributed by atoms with Crippen LogP contribution in [0.2, 0.25) is 0 Å². The van der Waals surface area contributed by atoms with Gasteiger partial charge < -0.3 is 5.32 Å². The minimum atomic E-state index is -0.427. The van der Waals surface area contributed by atoms with Gasteiger partial charge in [-0.15, -0.1) is 0 Å². The number of aromatic nitrogens is 1. The summed E-state index contributed by atoms with van der Waals surface area (Å²) in [6.07, 6.45) is 1.47. The second-order valence-electron chi connectivity index (χ2n) is 4.28. The van der Waals surface area contributed by atoms with Crippen molar-refractivity contribution >= 4 is 11.5 Å². The molecule has 0 fully saturated rings. The predicted molar refractivity (Wildman–Crippen MR) is 74.1 cm³/mol. The zero-order valence-corrected chi connectivity index (χ0v) is 10.8. The fourth-order valence-electron chi connectivity index (χ4n) is 1.70. The molecule has 6 heteroatoms. The van der Waals surface area contributed by atoms with Gasteiger partial charge in [-0.2, -0.15) is 5.26 Å². The van der Waals surface area contributed by atoms with Gasteiger partial charge in [0.1, 0.15) is 5.82 Å². The van der Waals surface area contributed by atoms with Gasteiger partial charge in [0.05, 0.1) is 22.6 Å². The molecule has 0 aliphatic heterocycles. The molecule has 1 heterocycles. The summed E-state index contributed by atoms with van der Waals surface area (Å²) in [5, 5.41) is 22.6. The van der Waals surface area contributed by atoms with Gasteiger partial charge >= 0.3 is 0 Å². The zero-order chi connectivity index (χ0) is 14.5. The molecule has 0 amide bonds. The lowest BCUT2D eigenvalue weighted by atomic mass is 10.1. The van der Waals surface area contributed by atoms with Crippen molar-refractivity contribution in [1.29, 1.82) is 5.26 Å². The number of nitrogens with zero attached hydrogens (tertiary/aromatic N) is 3. The van der Waals surface area contributed by atoms with Gasteiger partial charge in [0.25, 0.3) is 5.69 Å². The SMILES string of the molecule is Cc1cnc(NCc2ccc(C#N)cc2)cc1[N+](=O)[O-]. The molecule has 0 spiro atoms. The first-order valence-corrected chi connectivity index (χ1v) is 5.94. The van der Waals surface area contributed by atoms with E-state index in [1.165, 1.54) is 12.3 Å². The summed E-state index contributed by atoms with van der Waals surface area (Å²) < 4.78 is 0. The molecular weight excluding hydrogens is 256 g/mol. The minimum absolute atomic E-state index is 0.0438.